The van der Waals surface area contributed by atoms with Gasteiger partial charge in [0.25, 0.3) is 0 Å². The summed E-state index contributed by atoms with van der Waals surface area (Å²) in [5.74, 6) is -0.126. The van der Waals surface area contributed by atoms with E-state index in [1.807, 2.05) is 6.92 Å². The molecule has 292 valence electrons. The third kappa shape index (κ3) is 39.4. The molecule has 0 aromatic rings. The highest BCUT2D eigenvalue weighted by Gasteiger charge is 2.16. The van der Waals surface area contributed by atoms with Gasteiger partial charge in [-0.25, -0.2) is 0 Å². The van der Waals surface area contributed by atoms with Gasteiger partial charge < -0.3 is 61.6 Å². The summed E-state index contributed by atoms with van der Waals surface area (Å²) in [4.78, 5) is 12.0. The van der Waals surface area contributed by atoms with Gasteiger partial charge in [0.2, 0.25) is 0 Å². The zero-order chi connectivity index (χ0) is 35.6. The van der Waals surface area contributed by atoms with Crippen molar-refractivity contribution < 1.29 is 66.4 Å². The smallest absolute Gasteiger partial charge is 0.308 e. The van der Waals surface area contributed by atoms with E-state index in [2.05, 4.69) is 13.5 Å². The van der Waals surface area contributed by atoms with E-state index in [0.29, 0.717) is 159 Å². The topological polar surface area (TPSA) is 137 Å². The summed E-state index contributed by atoms with van der Waals surface area (Å²) < 4.78 is 70.6. The third-order valence-corrected chi connectivity index (χ3v) is 6.53. The molecule has 14 heteroatoms. The minimum Gasteiger partial charge on any atom is -0.463 e. The average Bonchev–Trinajstić information content (AvgIpc) is 3.11. The lowest BCUT2D eigenvalue weighted by molar-refractivity contribution is -0.150. The van der Waals surface area contributed by atoms with Crippen molar-refractivity contribution >= 4 is 5.97 Å². The van der Waals surface area contributed by atoms with Gasteiger partial charge in [-0.3, -0.25) is 4.79 Å². The Hall–Kier alpha value is -1.27. The quantitative estimate of drug-likeness (QED) is 0.0520. The van der Waals surface area contributed by atoms with Crippen LogP contribution in [0.1, 0.15) is 39.5 Å². The molecule has 0 fully saturated rings. The van der Waals surface area contributed by atoms with Gasteiger partial charge in [0.1, 0.15) is 6.61 Å². The van der Waals surface area contributed by atoms with Gasteiger partial charge in [-0.2, -0.15) is 0 Å². The van der Waals surface area contributed by atoms with Crippen LogP contribution in [0, 0.1) is 5.92 Å². The van der Waals surface area contributed by atoms with Gasteiger partial charge in [-0.15, -0.1) is 6.58 Å². The monoisotopic (exact) mass is 712 g/mol. The van der Waals surface area contributed by atoms with Gasteiger partial charge in [0.05, 0.1) is 164 Å². The number of ether oxygens (including phenoxy) is 13. The number of esters is 1. The number of hydrogen-bond donors (Lipinski definition) is 0. The molecule has 0 rings (SSSR count). The van der Waals surface area contributed by atoms with E-state index in [9.17, 15) is 4.79 Å². The summed E-state index contributed by atoms with van der Waals surface area (Å²) in [6.45, 7) is 20.0. The summed E-state index contributed by atoms with van der Waals surface area (Å²) in [5, 5.41) is 0. The van der Waals surface area contributed by atoms with Crippen LogP contribution in [0.5, 0.6) is 0 Å². The van der Waals surface area contributed by atoms with Crippen LogP contribution in [0.25, 0.3) is 0 Å². The first-order valence-electron chi connectivity index (χ1n) is 18.0. The van der Waals surface area contributed by atoms with Crippen LogP contribution < -0.4 is 0 Å². The highest BCUT2D eigenvalue weighted by atomic mass is 16.6. The number of carbonyl (C=O) groups excluding carboxylic acids is 1. The van der Waals surface area contributed by atoms with Gasteiger partial charge in [0.15, 0.2) is 0 Å². The number of carbonyl (C=O) groups is 1. The SMILES string of the molecule is C=CCOCCOCCOCCOCCOCCOCCOCCOCCOCCOCCOCCOCCOC(=O)C(CC)CCCC. The lowest BCUT2D eigenvalue weighted by Gasteiger charge is -2.13. The molecule has 1 unspecified atom stereocenters. The maximum Gasteiger partial charge on any atom is 0.308 e. The molecule has 0 saturated carbocycles. The van der Waals surface area contributed by atoms with Crippen molar-refractivity contribution in [1.82, 2.24) is 0 Å². The van der Waals surface area contributed by atoms with Crippen LogP contribution in [0.2, 0.25) is 0 Å². The summed E-state index contributed by atoms with van der Waals surface area (Å²) >= 11 is 0. The Morgan fingerprint density at radius 3 is 0.959 bits per heavy atom. The fourth-order valence-corrected chi connectivity index (χ4v) is 3.84. The first-order valence-corrected chi connectivity index (χ1v) is 18.0. The molecule has 0 radical (unpaired) electrons. The highest BCUT2D eigenvalue weighted by molar-refractivity contribution is 5.72. The Morgan fingerprint density at radius 1 is 0.449 bits per heavy atom. The van der Waals surface area contributed by atoms with Crippen molar-refractivity contribution in [2.45, 2.75) is 39.5 Å². The van der Waals surface area contributed by atoms with Crippen molar-refractivity contribution in [1.29, 1.82) is 0 Å². The number of rotatable bonds is 43. The Morgan fingerprint density at radius 2 is 0.714 bits per heavy atom. The summed E-state index contributed by atoms with van der Waals surface area (Å²) in [6.07, 6.45) is 5.54. The second kappa shape index (κ2) is 42.9. The highest BCUT2D eigenvalue weighted by Crippen LogP contribution is 2.14. The van der Waals surface area contributed by atoms with Crippen molar-refractivity contribution in [3.8, 4) is 0 Å². The first-order chi connectivity index (χ1) is 24.3. The zero-order valence-electron chi connectivity index (χ0n) is 30.6. The van der Waals surface area contributed by atoms with Crippen LogP contribution in [-0.4, -0.2) is 171 Å². The molecule has 0 amide bonds. The fraction of sp³-hybridized carbons (Fsp3) is 0.914. The van der Waals surface area contributed by atoms with Crippen molar-refractivity contribution in [2.75, 3.05) is 165 Å². The molecule has 0 aliphatic heterocycles. The molecule has 0 spiro atoms. The van der Waals surface area contributed by atoms with E-state index >= 15 is 0 Å². The maximum atomic E-state index is 12.0. The van der Waals surface area contributed by atoms with E-state index in [1.54, 1.807) is 6.08 Å². The molecule has 0 aromatic carbocycles. The molecule has 0 aliphatic carbocycles. The Kier molecular flexibility index (Phi) is 41.8. The lowest BCUT2D eigenvalue weighted by atomic mass is 10.00. The molecular weight excluding hydrogens is 644 g/mol. The molecule has 0 N–H and O–H groups in total. The van der Waals surface area contributed by atoms with Crippen LogP contribution in [0.3, 0.4) is 0 Å². The summed E-state index contributed by atoms with van der Waals surface area (Å²) in [5.41, 5.74) is 0. The van der Waals surface area contributed by atoms with E-state index in [1.165, 1.54) is 0 Å². The number of unbranched alkanes of at least 4 members (excludes halogenated alkanes) is 1. The van der Waals surface area contributed by atoms with E-state index in [4.69, 9.17) is 61.6 Å². The molecule has 1 atom stereocenters. The molecule has 14 nitrogen and oxygen atoms in total. The van der Waals surface area contributed by atoms with Crippen molar-refractivity contribution in [3.05, 3.63) is 12.7 Å². The van der Waals surface area contributed by atoms with Crippen molar-refractivity contribution in [3.63, 3.8) is 0 Å². The molecule has 0 bridgehead atoms. The molecule has 0 saturated heterocycles. The first kappa shape index (κ1) is 47.7. The maximum absolute atomic E-state index is 12.0. The van der Waals surface area contributed by atoms with Gasteiger partial charge in [-0.05, 0) is 12.8 Å². The molecule has 0 aromatic heterocycles. The lowest BCUT2D eigenvalue weighted by Crippen LogP contribution is -2.20. The molecule has 0 aliphatic rings. The van der Waals surface area contributed by atoms with Gasteiger partial charge >= 0.3 is 5.97 Å². The Balaban J connectivity index is 3.13. The van der Waals surface area contributed by atoms with E-state index in [-0.39, 0.29) is 18.5 Å². The zero-order valence-corrected chi connectivity index (χ0v) is 30.6. The third-order valence-electron chi connectivity index (χ3n) is 6.53. The predicted molar refractivity (Wildman–Crippen MR) is 184 cm³/mol. The van der Waals surface area contributed by atoms with Crippen LogP contribution in [-0.2, 0) is 66.4 Å². The van der Waals surface area contributed by atoms with Crippen LogP contribution in [0.4, 0.5) is 0 Å². The van der Waals surface area contributed by atoms with Gasteiger partial charge in [-0.1, -0.05) is 32.8 Å². The largest absolute Gasteiger partial charge is 0.463 e. The number of hydrogen-bond acceptors (Lipinski definition) is 14. The predicted octanol–water partition coefficient (Wildman–Crippen LogP) is 3.13. The summed E-state index contributed by atoms with van der Waals surface area (Å²) in [7, 11) is 0. The van der Waals surface area contributed by atoms with Crippen LogP contribution >= 0.6 is 0 Å². The fourth-order valence-electron chi connectivity index (χ4n) is 3.84. The molecule has 0 heterocycles. The second-order valence-electron chi connectivity index (χ2n) is 10.5. The second-order valence-corrected chi connectivity index (χ2v) is 10.5. The summed E-state index contributed by atoms with van der Waals surface area (Å²) in [6, 6.07) is 0. The Bertz CT molecular complexity index is 658. The minimum absolute atomic E-state index is 0.00478. The minimum atomic E-state index is -0.121. The van der Waals surface area contributed by atoms with E-state index in [0.717, 1.165) is 25.7 Å². The van der Waals surface area contributed by atoms with Crippen molar-refractivity contribution in [2.24, 2.45) is 5.92 Å². The molecule has 49 heavy (non-hydrogen) atoms. The average molecular weight is 713 g/mol. The van der Waals surface area contributed by atoms with Gasteiger partial charge in [0, 0.05) is 0 Å². The normalized spacial score (nSPS) is 12.0. The van der Waals surface area contributed by atoms with E-state index < -0.39 is 0 Å². The van der Waals surface area contributed by atoms with Crippen LogP contribution in [0.15, 0.2) is 12.7 Å². The standard InChI is InChI=1S/C35H68O14/c1-4-7-8-34(6-3)35(36)49-33-32-48-31-30-47-29-28-46-27-26-45-25-24-44-23-22-43-21-20-42-19-18-41-17-16-40-15-14-39-13-12-38-11-10-37-9-5-2/h5,34H,2,4,6-33H2,1,3H3. The Labute approximate surface area is 295 Å². The molecular formula is C35H68O14.